The number of carbonyl (C=O) groups is 2. The zero-order chi connectivity index (χ0) is 23.6. The third kappa shape index (κ3) is 7.40. The highest BCUT2D eigenvalue weighted by atomic mass is 35.5. The van der Waals surface area contributed by atoms with Crippen LogP contribution in [0.25, 0.3) is 6.08 Å². The van der Waals surface area contributed by atoms with E-state index in [1.807, 2.05) is 26.1 Å². The van der Waals surface area contributed by atoms with E-state index in [4.69, 9.17) is 11.6 Å². The minimum Gasteiger partial charge on any atom is -0.351 e. The Morgan fingerprint density at radius 3 is 2.67 bits per heavy atom. The molecule has 0 spiro atoms. The lowest BCUT2D eigenvalue weighted by atomic mass is 10.1. The van der Waals surface area contributed by atoms with Crippen molar-refractivity contribution in [3.05, 3.63) is 65.0 Å². The van der Waals surface area contributed by atoms with E-state index in [9.17, 15) is 9.59 Å². The van der Waals surface area contributed by atoms with E-state index in [2.05, 4.69) is 31.2 Å². The second-order valence-electron chi connectivity index (χ2n) is 7.78. The zero-order valence-corrected chi connectivity index (χ0v) is 19.5. The van der Waals surface area contributed by atoms with Crippen LogP contribution >= 0.6 is 11.6 Å². The molecular formula is C24H29ClN6O2. The fraction of sp³-hybridized carbons (Fsp3) is 0.333. The molecule has 2 unspecified atom stereocenters. The van der Waals surface area contributed by atoms with Gasteiger partial charge in [0.25, 0.3) is 5.91 Å². The van der Waals surface area contributed by atoms with Gasteiger partial charge in [-0.3, -0.25) is 9.59 Å². The lowest BCUT2D eigenvalue weighted by molar-refractivity contribution is -0.111. The molecule has 0 saturated heterocycles. The summed E-state index contributed by atoms with van der Waals surface area (Å²) in [4.78, 5) is 33.2. The van der Waals surface area contributed by atoms with Crippen LogP contribution in [0.4, 0.5) is 11.6 Å². The van der Waals surface area contributed by atoms with Crippen molar-refractivity contribution in [1.29, 1.82) is 0 Å². The normalized spacial score (nSPS) is 18.0. The smallest absolute Gasteiger partial charge is 0.251 e. The number of hydrogen-bond acceptors (Lipinski definition) is 6. The second kappa shape index (κ2) is 12.1. The van der Waals surface area contributed by atoms with Crippen LogP contribution < -0.4 is 21.3 Å². The topological polar surface area (TPSA) is 108 Å². The van der Waals surface area contributed by atoms with Crippen LogP contribution in [-0.2, 0) is 4.79 Å². The van der Waals surface area contributed by atoms with Gasteiger partial charge in [-0.05, 0) is 63.6 Å². The summed E-state index contributed by atoms with van der Waals surface area (Å²) in [5, 5.41) is 12.6. The van der Waals surface area contributed by atoms with E-state index in [1.54, 1.807) is 36.5 Å². The summed E-state index contributed by atoms with van der Waals surface area (Å²) < 4.78 is 0. The molecule has 33 heavy (non-hydrogen) atoms. The average molecular weight is 469 g/mol. The summed E-state index contributed by atoms with van der Waals surface area (Å²) in [6, 6.07) is 7.09. The summed E-state index contributed by atoms with van der Waals surface area (Å²) in [6.45, 7) is 2.53. The quantitative estimate of drug-likeness (QED) is 0.418. The molecule has 2 atom stereocenters. The van der Waals surface area contributed by atoms with Gasteiger partial charge >= 0.3 is 0 Å². The van der Waals surface area contributed by atoms with Crippen LogP contribution in [0.1, 0.15) is 42.2 Å². The molecule has 9 heteroatoms. The van der Waals surface area contributed by atoms with E-state index >= 15 is 0 Å². The number of halogens is 1. The number of nitrogens with zero attached hydrogens (tertiary/aromatic N) is 2. The number of nitrogens with one attached hydrogen (secondary N) is 4. The monoisotopic (exact) mass is 468 g/mol. The van der Waals surface area contributed by atoms with Gasteiger partial charge in [-0.2, -0.15) is 0 Å². The van der Waals surface area contributed by atoms with Gasteiger partial charge in [0, 0.05) is 36.0 Å². The Kier molecular flexibility index (Phi) is 8.97. The molecule has 174 valence electrons. The van der Waals surface area contributed by atoms with Crippen molar-refractivity contribution in [2.24, 2.45) is 0 Å². The highest BCUT2D eigenvalue weighted by molar-refractivity contribution is 6.31. The average Bonchev–Trinajstić information content (AvgIpc) is 3.23. The summed E-state index contributed by atoms with van der Waals surface area (Å²) >= 11 is 6.11. The number of aromatic nitrogens is 2. The van der Waals surface area contributed by atoms with Crippen molar-refractivity contribution < 1.29 is 9.59 Å². The second-order valence-corrected chi connectivity index (χ2v) is 8.19. The Hall–Kier alpha value is -3.23. The van der Waals surface area contributed by atoms with Gasteiger partial charge < -0.3 is 21.3 Å². The van der Waals surface area contributed by atoms with Crippen LogP contribution in [0.2, 0.25) is 5.02 Å². The zero-order valence-electron chi connectivity index (χ0n) is 18.8. The van der Waals surface area contributed by atoms with Crippen LogP contribution in [0, 0.1) is 0 Å². The molecule has 1 aromatic carbocycles. The van der Waals surface area contributed by atoms with Gasteiger partial charge in [-0.1, -0.05) is 23.8 Å². The molecule has 1 aromatic heterocycles. The molecular weight excluding hydrogens is 440 g/mol. The van der Waals surface area contributed by atoms with E-state index in [0.29, 0.717) is 34.5 Å². The minimum atomic E-state index is -0.213. The molecule has 1 aliphatic carbocycles. The SMILES string of the molecule is CC=Cc1nc(NC2CCC(NC(=O)c3ccc(NC(=O)C=CCNC)cc3)C2)ncc1Cl. The highest BCUT2D eigenvalue weighted by Gasteiger charge is 2.26. The van der Waals surface area contributed by atoms with Gasteiger partial charge in [0.05, 0.1) is 16.9 Å². The van der Waals surface area contributed by atoms with E-state index in [-0.39, 0.29) is 23.9 Å². The molecule has 0 aliphatic heterocycles. The summed E-state index contributed by atoms with van der Waals surface area (Å²) in [7, 11) is 1.81. The molecule has 2 aromatic rings. The Labute approximate surface area is 198 Å². The molecule has 1 heterocycles. The summed E-state index contributed by atoms with van der Waals surface area (Å²) in [6.07, 6.45) is 11.1. The standard InChI is InChI=1S/C24H29ClN6O2/c1-3-5-21-20(25)15-27-24(31-21)30-19-12-11-18(14-19)29-23(33)16-7-9-17(10-8-16)28-22(32)6-4-13-26-2/h3-10,15,18-19,26H,11-14H2,1-2H3,(H,28,32)(H,29,33)(H,27,30,31). The van der Waals surface area contributed by atoms with Gasteiger partial charge in [0.15, 0.2) is 0 Å². The van der Waals surface area contributed by atoms with Gasteiger partial charge in [-0.15, -0.1) is 0 Å². The van der Waals surface area contributed by atoms with Gasteiger partial charge in [-0.25, -0.2) is 9.97 Å². The molecule has 8 nitrogen and oxygen atoms in total. The molecule has 1 saturated carbocycles. The lowest BCUT2D eigenvalue weighted by Gasteiger charge is -2.15. The molecule has 4 N–H and O–H groups in total. The van der Waals surface area contributed by atoms with Crippen molar-refractivity contribution >= 4 is 41.1 Å². The fourth-order valence-corrected chi connectivity index (χ4v) is 3.75. The maximum Gasteiger partial charge on any atom is 0.251 e. The number of carbonyl (C=O) groups excluding carboxylic acids is 2. The molecule has 0 bridgehead atoms. The van der Waals surface area contributed by atoms with E-state index in [0.717, 1.165) is 19.3 Å². The predicted molar refractivity (Wildman–Crippen MR) is 132 cm³/mol. The number of benzene rings is 1. The number of allylic oxidation sites excluding steroid dienone is 1. The van der Waals surface area contributed by atoms with Crippen molar-refractivity contribution in [3.63, 3.8) is 0 Å². The van der Waals surface area contributed by atoms with E-state index in [1.165, 1.54) is 6.08 Å². The molecule has 1 fully saturated rings. The van der Waals surface area contributed by atoms with Crippen LogP contribution in [-0.4, -0.2) is 47.5 Å². The molecule has 2 amide bonds. The van der Waals surface area contributed by atoms with Crippen molar-refractivity contribution in [2.45, 2.75) is 38.3 Å². The van der Waals surface area contributed by atoms with Crippen LogP contribution in [0.3, 0.4) is 0 Å². The number of amides is 2. The fourth-order valence-electron chi connectivity index (χ4n) is 3.59. The Morgan fingerprint density at radius 2 is 1.94 bits per heavy atom. The Balaban J connectivity index is 1.49. The highest BCUT2D eigenvalue weighted by Crippen LogP contribution is 2.23. The largest absolute Gasteiger partial charge is 0.351 e. The van der Waals surface area contributed by atoms with Crippen LogP contribution in [0.15, 0.2) is 48.7 Å². The number of anilines is 2. The van der Waals surface area contributed by atoms with Crippen LogP contribution in [0.5, 0.6) is 0 Å². The minimum absolute atomic E-state index is 0.0639. The lowest BCUT2D eigenvalue weighted by Crippen LogP contribution is -2.34. The first-order chi connectivity index (χ1) is 16.0. The van der Waals surface area contributed by atoms with Crippen molar-refractivity contribution in [2.75, 3.05) is 24.2 Å². The first-order valence-corrected chi connectivity index (χ1v) is 11.3. The Bertz CT molecular complexity index is 1020. The third-order valence-electron chi connectivity index (χ3n) is 5.20. The maximum atomic E-state index is 12.6. The van der Waals surface area contributed by atoms with Gasteiger partial charge in [0.1, 0.15) is 0 Å². The molecule has 3 rings (SSSR count). The summed E-state index contributed by atoms with van der Waals surface area (Å²) in [5.41, 5.74) is 1.86. The van der Waals surface area contributed by atoms with Crippen molar-refractivity contribution in [1.82, 2.24) is 20.6 Å². The molecule has 0 radical (unpaired) electrons. The molecule has 1 aliphatic rings. The maximum absolute atomic E-state index is 12.6. The number of rotatable bonds is 9. The Morgan fingerprint density at radius 1 is 1.18 bits per heavy atom. The first-order valence-electron chi connectivity index (χ1n) is 10.9. The first kappa shape index (κ1) is 24.4. The predicted octanol–water partition coefficient (Wildman–Crippen LogP) is 3.64. The number of hydrogen-bond donors (Lipinski definition) is 4. The number of likely N-dealkylation sites (N-methyl/N-ethyl adjacent to an activating group) is 1. The summed E-state index contributed by atoms with van der Waals surface area (Å²) in [5.74, 6) is 0.183. The third-order valence-corrected chi connectivity index (χ3v) is 5.49. The van der Waals surface area contributed by atoms with E-state index < -0.39 is 0 Å². The van der Waals surface area contributed by atoms with Crippen molar-refractivity contribution in [3.8, 4) is 0 Å². The van der Waals surface area contributed by atoms with Gasteiger partial charge in [0.2, 0.25) is 11.9 Å².